The van der Waals surface area contributed by atoms with Crippen LogP contribution >= 0.6 is 0 Å². The number of hydrogen-bond acceptors (Lipinski definition) is 4. The number of fused-ring (bicyclic) bond motifs is 1. The fraction of sp³-hybridized carbons (Fsp3) is 0.310. The molecule has 2 heterocycles. The SMILES string of the molecule is Cc1ccc(F)cc1Oc1cc(NCCC(F)(F)F)c2ncc(-c3ccc(C(=O)NC4CCC4)c(C)c3)n2c1. The molecule has 4 aromatic rings. The summed E-state index contributed by atoms with van der Waals surface area (Å²) in [5, 5.41) is 5.86. The van der Waals surface area contributed by atoms with Crippen LogP contribution in [0.3, 0.4) is 0 Å². The molecule has 0 saturated heterocycles. The number of anilines is 1. The zero-order valence-corrected chi connectivity index (χ0v) is 21.5. The number of imidazole rings is 1. The number of hydrogen-bond donors (Lipinski definition) is 2. The lowest BCUT2D eigenvalue weighted by molar-refractivity contribution is -0.131. The average molecular weight is 541 g/mol. The van der Waals surface area contributed by atoms with Crippen molar-refractivity contribution in [1.29, 1.82) is 0 Å². The van der Waals surface area contributed by atoms with Gasteiger partial charge in [0.25, 0.3) is 5.91 Å². The monoisotopic (exact) mass is 540 g/mol. The van der Waals surface area contributed by atoms with Crippen LogP contribution in [0.25, 0.3) is 16.9 Å². The molecule has 1 amide bonds. The number of alkyl halides is 3. The minimum absolute atomic E-state index is 0.112. The van der Waals surface area contributed by atoms with Crippen LogP contribution in [0.1, 0.15) is 47.2 Å². The van der Waals surface area contributed by atoms with E-state index < -0.39 is 18.4 Å². The normalized spacial score (nSPS) is 13.8. The number of carbonyl (C=O) groups is 1. The number of aromatic nitrogens is 2. The summed E-state index contributed by atoms with van der Waals surface area (Å²) in [7, 11) is 0. The van der Waals surface area contributed by atoms with Crippen LogP contribution < -0.4 is 15.4 Å². The Labute approximate surface area is 223 Å². The van der Waals surface area contributed by atoms with E-state index in [4.69, 9.17) is 4.74 Å². The number of aryl methyl sites for hydroxylation is 2. The summed E-state index contributed by atoms with van der Waals surface area (Å²) in [6.07, 6.45) is 1.03. The Hall–Kier alpha value is -4.08. The van der Waals surface area contributed by atoms with Gasteiger partial charge in [0.05, 0.1) is 30.2 Å². The van der Waals surface area contributed by atoms with Gasteiger partial charge >= 0.3 is 6.18 Å². The molecule has 6 nitrogen and oxygen atoms in total. The quantitative estimate of drug-likeness (QED) is 0.232. The van der Waals surface area contributed by atoms with E-state index >= 15 is 0 Å². The standard InChI is InChI=1S/C29H28F4N4O2/c1-17-6-8-20(30)13-26(17)39-22-14-24(34-11-10-29(31,32)33)27-35-15-25(37(27)16-22)19-7-9-23(18(2)12-19)28(38)36-21-4-3-5-21/h6-9,12-16,21,34H,3-5,10-11H2,1-2H3,(H,36,38). The van der Waals surface area contributed by atoms with E-state index in [0.29, 0.717) is 28.2 Å². The molecule has 39 heavy (non-hydrogen) atoms. The van der Waals surface area contributed by atoms with Crippen LogP contribution in [-0.2, 0) is 0 Å². The third kappa shape index (κ3) is 6.00. The highest BCUT2D eigenvalue weighted by Gasteiger charge is 2.26. The molecule has 0 bridgehead atoms. The lowest BCUT2D eigenvalue weighted by Gasteiger charge is -2.26. The Morgan fingerprint density at radius 2 is 1.90 bits per heavy atom. The molecule has 0 radical (unpaired) electrons. The molecule has 0 aliphatic heterocycles. The van der Waals surface area contributed by atoms with E-state index in [1.54, 1.807) is 41.9 Å². The Kier molecular flexibility index (Phi) is 7.20. The van der Waals surface area contributed by atoms with Crippen molar-refractivity contribution in [2.45, 2.75) is 51.7 Å². The minimum Gasteiger partial charge on any atom is -0.455 e. The maximum absolute atomic E-state index is 13.9. The smallest absolute Gasteiger partial charge is 0.390 e. The first-order chi connectivity index (χ1) is 18.6. The summed E-state index contributed by atoms with van der Waals surface area (Å²) in [4.78, 5) is 17.2. The van der Waals surface area contributed by atoms with Gasteiger partial charge < -0.3 is 15.4 Å². The molecule has 204 valence electrons. The molecule has 2 aromatic heterocycles. The molecule has 1 saturated carbocycles. The van der Waals surface area contributed by atoms with Crippen molar-refractivity contribution in [2.75, 3.05) is 11.9 Å². The van der Waals surface area contributed by atoms with Crippen LogP contribution in [0, 0.1) is 19.7 Å². The van der Waals surface area contributed by atoms with Gasteiger partial charge in [0, 0.05) is 35.8 Å². The summed E-state index contributed by atoms with van der Waals surface area (Å²) in [5.74, 6) is -0.00673. The van der Waals surface area contributed by atoms with E-state index in [1.807, 2.05) is 19.1 Å². The van der Waals surface area contributed by atoms with Crippen LogP contribution in [0.15, 0.2) is 54.9 Å². The van der Waals surface area contributed by atoms with Gasteiger partial charge in [-0.05, 0) is 62.4 Å². The first-order valence-electron chi connectivity index (χ1n) is 12.7. The number of nitrogens with one attached hydrogen (secondary N) is 2. The van der Waals surface area contributed by atoms with E-state index in [1.165, 1.54) is 12.1 Å². The van der Waals surface area contributed by atoms with Gasteiger partial charge in [0.2, 0.25) is 0 Å². The van der Waals surface area contributed by atoms with Crippen molar-refractivity contribution >= 4 is 17.2 Å². The van der Waals surface area contributed by atoms with Crippen molar-refractivity contribution in [1.82, 2.24) is 14.7 Å². The second kappa shape index (κ2) is 10.6. The van der Waals surface area contributed by atoms with Gasteiger partial charge in [-0.15, -0.1) is 0 Å². The van der Waals surface area contributed by atoms with Gasteiger partial charge in [-0.25, -0.2) is 9.37 Å². The third-order valence-electron chi connectivity index (χ3n) is 6.89. The van der Waals surface area contributed by atoms with Gasteiger partial charge in [-0.1, -0.05) is 12.1 Å². The Morgan fingerprint density at radius 3 is 2.59 bits per heavy atom. The molecule has 5 rings (SSSR count). The molecule has 0 atom stereocenters. The minimum atomic E-state index is -4.32. The lowest BCUT2D eigenvalue weighted by Crippen LogP contribution is -2.39. The summed E-state index contributed by atoms with van der Waals surface area (Å²) in [6.45, 7) is 3.27. The second-order valence-corrected chi connectivity index (χ2v) is 9.86. The van der Waals surface area contributed by atoms with E-state index in [9.17, 15) is 22.4 Å². The van der Waals surface area contributed by atoms with E-state index in [0.717, 1.165) is 30.4 Å². The number of amides is 1. The number of nitrogens with zero attached hydrogens (tertiary/aromatic N) is 2. The summed E-state index contributed by atoms with van der Waals surface area (Å²) < 4.78 is 60.0. The molecule has 1 fully saturated rings. The summed E-state index contributed by atoms with van der Waals surface area (Å²) in [5.41, 5.74) is 4.22. The fourth-order valence-corrected chi connectivity index (χ4v) is 4.50. The van der Waals surface area contributed by atoms with Crippen molar-refractivity contribution < 1.29 is 27.1 Å². The molecular formula is C29H28F4N4O2. The van der Waals surface area contributed by atoms with Gasteiger partial charge in [-0.2, -0.15) is 13.2 Å². The van der Waals surface area contributed by atoms with Crippen LogP contribution in [0.4, 0.5) is 23.2 Å². The highest BCUT2D eigenvalue weighted by Crippen LogP contribution is 2.33. The van der Waals surface area contributed by atoms with Gasteiger partial charge in [-0.3, -0.25) is 9.20 Å². The lowest BCUT2D eigenvalue weighted by atomic mass is 9.92. The predicted molar refractivity (Wildman–Crippen MR) is 141 cm³/mol. The first kappa shape index (κ1) is 26.5. The van der Waals surface area contributed by atoms with Crippen LogP contribution in [0.2, 0.25) is 0 Å². The largest absolute Gasteiger partial charge is 0.455 e. The van der Waals surface area contributed by atoms with Crippen molar-refractivity contribution in [3.8, 4) is 22.8 Å². The number of halogens is 4. The van der Waals surface area contributed by atoms with E-state index in [2.05, 4.69) is 15.6 Å². The molecule has 0 spiro atoms. The predicted octanol–water partition coefficient (Wildman–Crippen LogP) is 7.20. The zero-order chi connectivity index (χ0) is 27.7. The van der Waals surface area contributed by atoms with Crippen molar-refractivity contribution in [3.63, 3.8) is 0 Å². The van der Waals surface area contributed by atoms with Crippen LogP contribution in [0.5, 0.6) is 11.5 Å². The van der Waals surface area contributed by atoms with Crippen molar-refractivity contribution in [2.24, 2.45) is 0 Å². The molecule has 0 unspecified atom stereocenters. The molecule has 1 aliphatic carbocycles. The molecule has 2 aromatic carbocycles. The first-order valence-corrected chi connectivity index (χ1v) is 12.7. The van der Waals surface area contributed by atoms with Crippen LogP contribution in [-0.4, -0.2) is 34.1 Å². The topological polar surface area (TPSA) is 67.7 Å². The summed E-state index contributed by atoms with van der Waals surface area (Å²) in [6, 6.07) is 11.4. The Morgan fingerprint density at radius 1 is 1.10 bits per heavy atom. The highest BCUT2D eigenvalue weighted by molar-refractivity contribution is 5.96. The number of ether oxygens (including phenoxy) is 1. The summed E-state index contributed by atoms with van der Waals surface area (Å²) >= 11 is 0. The Balaban J connectivity index is 1.51. The van der Waals surface area contributed by atoms with Gasteiger partial charge in [0.15, 0.2) is 5.65 Å². The number of carbonyl (C=O) groups excluding carboxylic acids is 1. The number of pyridine rings is 1. The fourth-order valence-electron chi connectivity index (χ4n) is 4.50. The molecule has 10 heteroatoms. The molecule has 2 N–H and O–H groups in total. The molecule has 1 aliphatic rings. The van der Waals surface area contributed by atoms with Crippen molar-refractivity contribution in [3.05, 3.63) is 77.4 Å². The number of rotatable bonds is 8. The zero-order valence-electron chi connectivity index (χ0n) is 21.5. The third-order valence-corrected chi connectivity index (χ3v) is 6.89. The van der Waals surface area contributed by atoms with Gasteiger partial charge in [0.1, 0.15) is 17.3 Å². The second-order valence-electron chi connectivity index (χ2n) is 9.86. The Bertz CT molecular complexity index is 1530. The number of benzene rings is 2. The molecular weight excluding hydrogens is 512 g/mol. The maximum atomic E-state index is 13.9. The average Bonchev–Trinajstić information content (AvgIpc) is 3.27. The maximum Gasteiger partial charge on any atom is 0.390 e. The van der Waals surface area contributed by atoms with E-state index in [-0.39, 0.29) is 30.0 Å². The highest BCUT2D eigenvalue weighted by atomic mass is 19.4.